The number of nitrogens with zero attached hydrogens (tertiary/aromatic N) is 3. The van der Waals surface area contributed by atoms with E-state index in [4.69, 9.17) is 4.42 Å². The Labute approximate surface area is 200 Å². The molecule has 9 heteroatoms. The summed E-state index contributed by atoms with van der Waals surface area (Å²) in [6.07, 6.45) is 5.80. The van der Waals surface area contributed by atoms with E-state index in [9.17, 15) is 14.4 Å². The van der Waals surface area contributed by atoms with Crippen molar-refractivity contribution in [2.24, 2.45) is 0 Å². The van der Waals surface area contributed by atoms with E-state index in [1.165, 1.54) is 0 Å². The van der Waals surface area contributed by atoms with Gasteiger partial charge < -0.3 is 14.6 Å². The molecule has 4 amide bonds. The van der Waals surface area contributed by atoms with Gasteiger partial charge in [-0.2, -0.15) is 0 Å². The first-order valence-electron chi connectivity index (χ1n) is 11.3. The first-order chi connectivity index (χ1) is 17.0. The smallest absolute Gasteiger partial charge is 0.322 e. The molecule has 1 saturated heterocycles. The fraction of sp³-hybridized carbons (Fsp3) is 0.192. The van der Waals surface area contributed by atoms with Gasteiger partial charge in [0.25, 0.3) is 11.8 Å². The molecule has 0 saturated carbocycles. The Balaban J connectivity index is 1.43. The van der Waals surface area contributed by atoms with E-state index in [2.05, 4.69) is 20.6 Å². The molecule has 3 aromatic heterocycles. The summed E-state index contributed by atoms with van der Waals surface area (Å²) in [6.45, 7) is 2.29. The second-order valence-electron chi connectivity index (χ2n) is 8.74. The number of pyridine rings is 2. The molecule has 1 atom stereocenters. The molecule has 35 heavy (non-hydrogen) atoms. The zero-order valence-electron chi connectivity index (χ0n) is 18.9. The summed E-state index contributed by atoms with van der Waals surface area (Å²) in [5.41, 5.74) is 2.93. The van der Waals surface area contributed by atoms with Crippen LogP contribution in [-0.4, -0.2) is 39.3 Å². The van der Waals surface area contributed by atoms with Crippen LogP contribution in [0.3, 0.4) is 0 Å². The Kier molecular flexibility index (Phi) is 4.67. The number of amides is 4. The van der Waals surface area contributed by atoms with E-state index in [0.717, 1.165) is 23.1 Å². The third-order valence-electron chi connectivity index (χ3n) is 6.63. The monoisotopic (exact) mass is 467 g/mol. The summed E-state index contributed by atoms with van der Waals surface area (Å²) < 4.78 is 6.12. The van der Waals surface area contributed by atoms with Gasteiger partial charge in [-0.25, -0.2) is 4.79 Å². The maximum absolute atomic E-state index is 13.3. The van der Waals surface area contributed by atoms with Crippen LogP contribution in [0.1, 0.15) is 34.2 Å². The summed E-state index contributed by atoms with van der Waals surface area (Å²) in [6, 6.07) is 12.3. The fourth-order valence-electron chi connectivity index (χ4n) is 4.80. The molecular formula is C26H21N5O4. The lowest BCUT2D eigenvalue weighted by molar-refractivity contribution is -0.125. The van der Waals surface area contributed by atoms with Crippen molar-refractivity contribution in [3.05, 3.63) is 83.5 Å². The van der Waals surface area contributed by atoms with Gasteiger partial charge in [-0.1, -0.05) is 19.1 Å². The highest BCUT2D eigenvalue weighted by atomic mass is 16.3. The molecule has 0 radical (unpaired) electrons. The van der Waals surface area contributed by atoms with Crippen molar-refractivity contribution in [1.82, 2.24) is 25.5 Å². The van der Waals surface area contributed by atoms with Crippen molar-refractivity contribution in [1.29, 1.82) is 0 Å². The predicted octanol–water partition coefficient (Wildman–Crippen LogP) is 3.14. The van der Waals surface area contributed by atoms with Crippen LogP contribution in [0.4, 0.5) is 4.79 Å². The highest BCUT2D eigenvalue weighted by molar-refractivity contribution is 6.08. The molecule has 0 aliphatic carbocycles. The topological polar surface area (TPSA) is 117 Å². The molecule has 6 rings (SSSR count). The summed E-state index contributed by atoms with van der Waals surface area (Å²) in [7, 11) is 0. The molecule has 9 nitrogen and oxygen atoms in total. The number of furan rings is 1. The van der Waals surface area contributed by atoms with E-state index in [1.54, 1.807) is 35.6 Å². The molecule has 0 unspecified atom stereocenters. The number of aromatic nitrogens is 2. The number of imide groups is 1. The van der Waals surface area contributed by atoms with E-state index in [-0.39, 0.29) is 18.2 Å². The average molecular weight is 467 g/mol. The highest BCUT2D eigenvalue weighted by Gasteiger charge is 2.53. The third-order valence-corrected chi connectivity index (χ3v) is 6.63. The minimum absolute atomic E-state index is 0.0744. The van der Waals surface area contributed by atoms with Crippen molar-refractivity contribution in [2.75, 3.05) is 6.54 Å². The Morgan fingerprint density at radius 3 is 2.74 bits per heavy atom. The van der Waals surface area contributed by atoms with Gasteiger partial charge in [0.2, 0.25) is 0 Å². The number of fused-ring (bicyclic) bond motifs is 2. The Hall–Kier alpha value is -4.53. The maximum atomic E-state index is 13.3. The van der Waals surface area contributed by atoms with Crippen molar-refractivity contribution < 1.29 is 18.8 Å². The third kappa shape index (κ3) is 3.27. The molecule has 1 fully saturated rings. The van der Waals surface area contributed by atoms with Gasteiger partial charge in [-0.3, -0.25) is 24.9 Å². The average Bonchev–Trinajstić information content (AvgIpc) is 3.53. The number of hydrogen-bond donors (Lipinski definition) is 2. The van der Waals surface area contributed by atoms with E-state index >= 15 is 0 Å². The molecular weight excluding hydrogens is 446 g/mol. The molecule has 174 valence electrons. The minimum atomic E-state index is -1.58. The number of rotatable bonds is 5. The number of urea groups is 1. The Morgan fingerprint density at radius 2 is 2.00 bits per heavy atom. The van der Waals surface area contributed by atoms with Crippen molar-refractivity contribution in [3.8, 4) is 11.3 Å². The highest BCUT2D eigenvalue weighted by Crippen LogP contribution is 2.36. The predicted molar refractivity (Wildman–Crippen MR) is 126 cm³/mol. The summed E-state index contributed by atoms with van der Waals surface area (Å²) in [4.78, 5) is 49.0. The number of aryl methyl sites for hydroxylation is 1. The second-order valence-corrected chi connectivity index (χ2v) is 8.74. The van der Waals surface area contributed by atoms with Crippen LogP contribution < -0.4 is 10.6 Å². The summed E-state index contributed by atoms with van der Waals surface area (Å²) >= 11 is 0. The van der Waals surface area contributed by atoms with Crippen LogP contribution in [0.2, 0.25) is 0 Å². The van der Waals surface area contributed by atoms with Gasteiger partial charge in [0.05, 0.1) is 12.2 Å². The number of hydrogen-bond acceptors (Lipinski definition) is 6. The maximum Gasteiger partial charge on any atom is 0.322 e. The second kappa shape index (κ2) is 7.76. The number of nitrogens with one attached hydrogen (secondary N) is 2. The van der Waals surface area contributed by atoms with E-state index in [1.807, 2.05) is 37.3 Å². The number of carbonyl (C=O) groups is 3. The lowest BCUT2D eigenvalue weighted by Crippen LogP contribution is -2.52. The van der Waals surface area contributed by atoms with Gasteiger partial charge in [0.15, 0.2) is 5.54 Å². The van der Waals surface area contributed by atoms with E-state index in [0.29, 0.717) is 28.8 Å². The molecule has 2 aliphatic rings. The first kappa shape index (κ1) is 21.0. The Morgan fingerprint density at radius 1 is 1.11 bits per heavy atom. The zero-order chi connectivity index (χ0) is 24.2. The van der Waals surface area contributed by atoms with Crippen molar-refractivity contribution in [3.63, 3.8) is 0 Å². The summed E-state index contributed by atoms with van der Waals surface area (Å²) in [5, 5.41) is 5.72. The zero-order valence-corrected chi connectivity index (χ0v) is 18.9. The largest absolute Gasteiger partial charge is 0.458 e. The molecule has 1 aromatic carbocycles. The molecule has 5 heterocycles. The normalized spacial score (nSPS) is 19.2. The summed E-state index contributed by atoms with van der Waals surface area (Å²) in [5.74, 6) is -0.528. The molecule has 2 aliphatic heterocycles. The minimum Gasteiger partial charge on any atom is -0.458 e. The standard InChI is InChI=1S/C26H21N5O4/c1-2-15-5-6-17-13-31(23(32)18(17)10-15)14-26(24(33)29-25(34)30-26)21-11-19-20(35-21)7-9-28-22(19)16-4-3-8-27-12-16/h3-12H,2,13-14H2,1H3,(H2,29,30,33,34)/t26-/m0/s1. The van der Waals surface area contributed by atoms with Gasteiger partial charge >= 0.3 is 6.03 Å². The van der Waals surface area contributed by atoms with Crippen LogP contribution >= 0.6 is 0 Å². The number of benzene rings is 1. The molecule has 0 spiro atoms. The van der Waals surface area contributed by atoms with Crippen molar-refractivity contribution >= 4 is 28.8 Å². The van der Waals surface area contributed by atoms with Crippen LogP contribution in [-0.2, 0) is 23.3 Å². The molecule has 2 N–H and O–H groups in total. The van der Waals surface area contributed by atoms with Crippen molar-refractivity contribution in [2.45, 2.75) is 25.4 Å². The quantitative estimate of drug-likeness (QED) is 0.436. The SMILES string of the molecule is CCc1ccc2c(c1)C(=O)N(C[C@@]1(c3cc4c(-c5cccnc5)nccc4o3)NC(=O)NC1=O)C2. The molecule has 4 aromatic rings. The van der Waals surface area contributed by atoms with Crippen LogP contribution in [0, 0.1) is 0 Å². The van der Waals surface area contributed by atoms with Gasteiger partial charge in [-0.15, -0.1) is 0 Å². The number of carbonyl (C=O) groups excluding carboxylic acids is 3. The van der Waals surface area contributed by atoms with Crippen LogP contribution in [0.15, 0.2) is 65.5 Å². The van der Waals surface area contributed by atoms with Gasteiger partial charge in [0, 0.05) is 41.6 Å². The lowest BCUT2D eigenvalue weighted by Gasteiger charge is -2.29. The fourth-order valence-corrected chi connectivity index (χ4v) is 4.80. The van der Waals surface area contributed by atoms with Gasteiger partial charge in [-0.05, 0) is 47.9 Å². The molecule has 0 bridgehead atoms. The lowest BCUT2D eigenvalue weighted by atomic mass is 9.95. The Bertz CT molecular complexity index is 1510. The first-order valence-corrected chi connectivity index (χ1v) is 11.3. The van der Waals surface area contributed by atoms with Crippen LogP contribution in [0.5, 0.6) is 0 Å². The van der Waals surface area contributed by atoms with E-state index < -0.39 is 17.5 Å². The van der Waals surface area contributed by atoms with Gasteiger partial charge in [0.1, 0.15) is 11.3 Å². The van der Waals surface area contributed by atoms with Crippen LogP contribution in [0.25, 0.3) is 22.2 Å².